The molecule has 23 heavy (non-hydrogen) atoms. The summed E-state index contributed by atoms with van der Waals surface area (Å²) in [6.07, 6.45) is 1.97. The van der Waals surface area contributed by atoms with E-state index >= 15 is 0 Å². The maximum absolute atomic E-state index is 12.2. The van der Waals surface area contributed by atoms with E-state index in [-0.39, 0.29) is 18.4 Å². The summed E-state index contributed by atoms with van der Waals surface area (Å²) < 4.78 is 0. The first-order chi connectivity index (χ1) is 11.0. The molecule has 0 saturated heterocycles. The van der Waals surface area contributed by atoms with Crippen molar-refractivity contribution in [3.8, 4) is 0 Å². The first-order valence-corrected chi connectivity index (χ1v) is 8.40. The zero-order valence-electron chi connectivity index (χ0n) is 13.5. The van der Waals surface area contributed by atoms with Gasteiger partial charge in [-0.25, -0.2) is 0 Å². The van der Waals surface area contributed by atoms with Crippen LogP contribution in [0.4, 0.5) is 5.69 Å². The standard InChI is InChI=1S/C16H23Cl2N3O2/c1-3-9-21(16(23)5-4-8-19-2)11-15(22)20-14-7-6-12(17)10-13(14)18/h6-7,10,19H,3-5,8-9,11H2,1-2H3,(H,20,22). The van der Waals surface area contributed by atoms with Gasteiger partial charge in [-0.1, -0.05) is 30.1 Å². The molecule has 128 valence electrons. The Hall–Kier alpha value is -1.30. The summed E-state index contributed by atoms with van der Waals surface area (Å²) in [5, 5.41) is 6.58. The lowest BCUT2D eigenvalue weighted by atomic mass is 10.2. The van der Waals surface area contributed by atoms with E-state index < -0.39 is 0 Å². The zero-order valence-corrected chi connectivity index (χ0v) is 15.0. The summed E-state index contributed by atoms with van der Waals surface area (Å²) in [5.41, 5.74) is 0.486. The molecule has 0 radical (unpaired) electrons. The minimum absolute atomic E-state index is 0.0144. The van der Waals surface area contributed by atoms with Crippen molar-refractivity contribution in [2.75, 3.05) is 32.0 Å². The Morgan fingerprint density at radius 3 is 2.61 bits per heavy atom. The van der Waals surface area contributed by atoms with Crippen LogP contribution in [0.1, 0.15) is 26.2 Å². The summed E-state index contributed by atoms with van der Waals surface area (Å²) in [6.45, 7) is 3.32. The maximum Gasteiger partial charge on any atom is 0.244 e. The highest BCUT2D eigenvalue weighted by atomic mass is 35.5. The number of halogens is 2. The first kappa shape index (κ1) is 19.7. The second-order valence-corrected chi connectivity index (χ2v) is 6.04. The van der Waals surface area contributed by atoms with E-state index in [2.05, 4.69) is 10.6 Å². The van der Waals surface area contributed by atoms with Gasteiger partial charge in [0, 0.05) is 18.0 Å². The third-order valence-electron chi connectivity index (χ3n) is 3.20. The van der Waals surface area contributed by atoms with Crippen LogP contribution in [-0.4, -0.2) is 43.4 Å². The minimum atomic E-state index is -0.273. The summed E-state index contributed by atoms with van der Waals surface area (Å²) in [5.74, 6) is -0.288. The van der Waals surface area contributed by atoms with E-state index in [9.17, 15) is 9.59 Å². The fourth-order valence-electron chi connectivity index (χ4n) is 2.09. The molecule has 0 aromatic heterocycles. The Kier molecular flexibility index (Phi) is 8.99. The van der Waals surface area contributed by atoms with Crippen molar-refractivity contribution in [1.29, 1.82) is 0 Å². The number of hydrogen-bond donors (Lipinski definition) is 2. The highest BCUT2D eigenvalue weighted by Gasteiger charge is 2.16. The number of amides is 2. The molecule has 0 saturated carbocycles. The van der Waals surface area contributed by atoms with Gasteiger partial charge in [-0.3, -0.25) is 9.59 Å². The first-order valence-electron chi connectivity index (χ1n) is 7.65. The average Bonchev–Trinajstić information content (AvgIpc) is 2.50. The van der Waals surface area contributed by atoms with Gasteiger partial charge in [0.05, 0.1) is 17.3 Å². The van der Waals surface area contributed by atoms with E-state index in [1.165, 1.54) is 0 Å². The highest BCUT2D eigenvalue weighted by molar-refractivity contribution is 6.36. The van der Waals surface area contributed by atoms with E-state index in [4.69, 9.17) is 23.2 Å². The van der Waals surface area contributed by atoms with Crippen molar-refractivity contribution in [1.82, 2.24) is 10.2 Å². The van der Waals surface area contributed by atoms with Crippen molar-refractivity contribution in [3.63, 3.8) is 0 Å². The molecule has 2 amide bonds. The van der Waals surface area contributed by atoms with Gasteiger partial charge in [0.1, 0.15) is 0 Å². The summed E-state index contributed by atoms with van der Waals surface area (Å²) in [6, 6.07) is 4.85. The molecule has 0 heterocycles. The quantitative estimate of drug-likeness (QED) is 0.665. The number of rotatable bonds is 9. The highest BCUT2D eigenvalue weighted by Crippen LogP contribution is 2.25. The lowest BCUT2D eigenvalue weighted by molar-refractivity contribution is -0.134. The molecular weight excluding hydrogens is 337 g/mol. The van der Waals surface area contributed by atoms with Crippen LogP contribution in [0.5, 0.6) is 0 Å². The van der Waals surface area contributed by atoms with Crippen LogP contribution in [0.2, 0.25) is 10.0 Å². The van der Waals surface area contributed by atoms with Crippen molar-refractivity contribution in [2.45, 2.75) is 26.2 Å². The van der Waals surface area contributed by atoms with Crippen molar-refractivity contribution in [3.05, 3.63) is 28.2 Å². The van der Waals surface area contributed by atoms with Crippen LogP contribution in [0.15, 0.2) is 18.2 Å². The lowest BCUT2D eigenvalue weighted by Crippen LogP contribution is -2.38. The van der Waals surface area contributed by atoms with Gasteiger partial charge in [-0.05, 0) is 44.6 Å². The molecule has 0 fully saturated rings. The summed E-state index contributed by atoms with van der Waals surface area (Å²) in [7, 11) is 1.84. The largest absolute Gasteiger partial charge is 0.333 e. The molecule has 1 rings (SSSR count). The van der Waals surface area contributed by atoms with E-state index in [0.717, 1.165) is 19.4 Å². The predicted octanol–water partition coefficient (Wildman–Crippen LogP) is 3.17. The average molecular weight is 360 g/mol. The smallest absolute Gasteiger partial charge is 0.244 e. The second-order valence-electron chi connectivity index (χ2n) is 5.19. The minimum Gasteiger partial charge on any atom is -0.333 e. The van der Waals surface area contributed by atoms with E-state index in [1.807, 2.05) is 14.0 Å². The van der Waals surface area contributed by atoms with E-state index in [1.54, 1.807) is 23.1 Å². The number of carbonyl (C=O) groups excluding carboxylic acids is 2. The molecular formula is C16H23Cl2N3O2. The Bertz CT molecular complexity index is 538. The van der Waals surface area contributed by atoms with Gasteiger partial charge >= 0.3 is 0 Å². The number of anilines is 1. The van der Waals surface area contributed by atoms with Crippen molar-refractivity contribution >= 4 is 40.7 Å². The summed E-state index contributed by atoms with van der Waals surface area (Å²) in [4.78, 5) is 25.9. The molecule has 0 aliphatic rings. The molecule has 0 unspecified atom stereocenters. The van der Waals surface area contributed by atoms with Crippen molar-refractivity contribution < 1.29 is 9.59 Å². The third kappa shape index (κ3) is 7.20. The normalized spacial score (nSPS) is 10.4. The fourth-order valence-corrected chi connectivity index (χ4v) is 2.55. The van der Waals surface area contributed by atoms with Gasteiger partial charge in [-0.2, -0.15) is 0 Å². The van der Waals surface area contributed by atoms with Gasteiger partial charge in [0.25, 0.3) is 0 Å². The van der Waals surface area contributed by atoms with Crippen LogP contribution < -0.4 is 10.6 Å². The van der Waals surface area contributed by atoms with Crippen LogP contribution >= 0.6 is 23.2 Å². The molecule has 0 spiro atoms. The van der Waals surface area contributed by atoms with Crippen LogP contribution in [0.25, 0.3) is 0 Å². The number of nitrogens with one attached hydrogen (secondary N) is 2. The lowest BCUT2D eigenvalue weighted by Gasteiger charge is -2.22. The number of carbonyl (C=O) groups is 2. The summed E-state index contributed by atoms with van der Waals surface area (Å²) >= 11 is 11.9. The molecule has 0 bridgehead atoms. The SMILES string of the molecule is CCCN(CC(=O)Nc1ccc(Cl)cc1Cl)C(=O)CCCNC. The number of hydrogen-bond acceptors (Lipinski definition) is 3. The maximum atomic E-state index is 12.2. The molecule has 0 atom stereocenters. The Morgan fingerprint density at radius 1 is 1.26 bits per heavy atom. The predicted molar refractivity (Wildman–Crippen MR) is 95.1 cm³/mol. The van der Waals surface area contributed by atoms with E-state index in [0.29, 0.717) is 28.7 Å². The second kappa shape index (κ2) is 10.5. The fraction of sp³-hybridized carbons (Fsp3) is 0.500. The topological polar surface area (TPSA) is 61.4 Å². The Morgan fingerprint density at radius 2 is 2.00 bits per heavy atom. The Balaban J connectivity index is 2.61. The van der Waals surface area contributed by atoms with Gasteiger partial charge in [-0.15, -0.1) is 0 Å². The molecule has 5 nitrogen and oxygen atoms in total. The Labute approximate surface area is 147 Å². The molecule has 1 aromatic rings. The molecule has 1 aromatic carbocycles. The number of benzene rings is 1. The third-order valence-corrected chi connectivity index (χ3v) is 3.75. The van der Waals surface area contributed by atoms with Gasteiger partial charge in [0.15, 0.2) is 0 Å². The van der Waals surface area contributed by atoms with Crippen LogP contribution in [0.3, 0.4) is 0 Å². The number of nitrogens with zero attached hydrogens (tertiary/aromatic N) is 1. The zero-order chi connectivity index (χ0) is 17.2. The van der Waals surface area contributed by atoms with Crippen LogP contribution in [0, 0.1) is 0 Å². The molecule has 7 heteroatoms. The monoisotopic (exact) mass is 359 g/mol. The van der Waals surface area contributed by atoms with Crippen molar-refractivity contribution in [2.24, 2.45) is 0 Å². The molecule has 2 N–H and O–H groups in total. The van der Waals surface area contributed by atoms with Gasteiger partial charge in [0.2, 0.25) is 11.8 Å². The molecule has 0 aliphatic carbocycles. The van der Waals surface area contributed by atoms with Crippen LogP contribution in [-0.2, 0) is 9.59 Å². The van der Waals surface area contributed by atoms with Gasteiger partial charge < -0.3 is 15.5 Å². The molecule has 0 aliphatic heterocycles.